The molecule has 7 rings (SSSR count). The van der Waals surface area contributed by atoms with Gasteiger partial charge in [-0.2, -0.15) is 0 Å². The Morgan fingerprint density at radius 1 is 0.980 bits per heavy atom. The number of esters is 2. The number of rotatable bonds is 10. The number of benzene rings is 3. The summed E-state index contributed by atoms with van der Waals surface area (Å²) in [5, 5.41) is 3.35. The maximum absolute atomic E-state index is 13.8. The van der Waals surface area contributed by atoms with E-state index in [2.05, 4.69) is 10.3 Å². The number of methoxy groups -OCH3 is 1. The van der Waals surface area contributed by atoms with Gasteiger partial charge in [-0.15, -0.1) is 0 Å². The summed E-state index contributed by atoms with van der Waals surface area (Å²) in [6, 6.07) is 15.5. The summed E-state index contributed by atoms with van der Waals surface area (Å²) in [5.74, 6) is -1.41. The molecule has 0 bridgehead atoms. The summed E-state index contributed by atoms with van der Waals surface area (Å²) in [6.07, 6.45) is -0.989. The molecule has 2 amide bonds. The van der Waals surface area contributed by atoms with Gasteiger partial charge in [-0.1, -0.05) is 26.0 Å². The predicted octanol–water partition coefficient (Wildman–Crippen LogP) is 4.52. The zero-order valence-corrected chi connectivity index (χ0v) is 28.4. The lowest BCUT2D eigenvalue weighted by atomic mass is 9.98. The zero-order valence-electron chi connectivity index (χ0n) is 28.4. The molecule has 1 fully saturated rings. The standard InChI is InChI=1S/C35H30FN3O10.C2H6/c1-18(40)45-14-20-15-48-34-31(33(42)39(34)32(20)35(43)49-13-19-3-6-22(44-2)7-4-19)38-29(41)17-46-23-8-9-24-28(12-23)47-16-26-25-11-21(36)5-10-27(25)37-30(24)26;1-2/h3-12,31,34,37H,13-17H2,1-2H3,(H,38,41);1-2H3. The van der Waals surface area contributed by atoms with Crippen LogP contribution in [0.15, 0.2) is 71.9 Å². The van der Waals surface area contributed by atoms with Crippen molar-refractivity contribution in [3.05, 3.63) is 88.9 Å². The van der Waals surface area contributed by atoms with Gasteiger partial charge >= 0.3 is 11.9 Å². The summed E-state index contributed by atoms with van der Waals surface area (Å²) >= 11 is 0. The number of aromatic nitrogens is 1. The molecular weight excluding hydrogens is 665 g/mol. The third-order valence-corrected chi connectivity index (χ3v) is 8.37. The van der Waals surface area contributed by atoms with Crippen LogP contribution in [0.1, 0.15) is 31.9 Å². The first-order valence-corrected chi connectivity index (χ1v) is 16.3. The summed E-state index contributed by atoms with van der Waals surface area (Å²) in [5.41, 5.74) is 4.05. The van der Waals surface area contributed by atoms with Crippen LogP contribution in [0.5, 0.6) is 17.2 Å². The molecule has 0 aliphatic carbocycles. The fourth-order valence-electron chi connectivity index (χ4n) is 5.94. The van der Waals surface area contributed by atoms with Crippen molar-refractivity contribution in [2.45, 2.75) is 46.3 Å². The Balaban J connectivity index is 0.00000220. The number of halogens is 1. The number of carbonyl (C=O) groups excluding carboxylic acids is 4. The topological polar surface area (TPSA) is 155 Å². The Morgan fingerprint density at radius 2 is 1.75 bits per heavy atom. The predicted molar refractivity (Wildman–Crippen MR) is 180 cm³/mol. The van der Waals surface area contributed by atoms with Gasteiger partial charge in [0.15, 0.2) is 18.9 Å². The van der Waals surface area contributed by atoms with Gasteiger partial charge < -0.3 is 38.7 Å². The molecule has 13 nitrogen and oxygen atoms in total. The van der Waals surface area contributed by atoms with Crippen LogP contribution in [-0.4, -0.2) is 72.8 Å². The highest BCUT2D eigenvalue weighted by Crippen LogP contribution is 2.42. The number of fused-ring (bicyclic) bond motifs is 6. The molecule has 3 aliphatic rings. The summed E-state index contributed by atoms with van der Waals surface area (Å²) in [4.78, 5) is 55.3. The molecule has 2 atom stereocenters. The molecule has 4 heterocycles. The minimum Gasteiger partial charge on any atom is -0.497 e. The lowest BCUT2D eigenvalue weighted by molar-refractivity contribution is -0.186. The van der Waals surface area contributed by atoms with E-state index in [9.17, 15) is 23.6 Å². The molecular formula is C37H36FN3O10. The van der Waals surface area contributed by atoms with Crippen molar-refractivity contribution in [3.63, 3.8) is 0 Å². The van der Waals surface area contributed by atoms with Gasteiger partial charge in [-0.05, 0) is 48.0 Å². The van der Waals surface area contributed by atoms with Gasteiger partial charge in [0.2, 0.25) is 0 Å². The maximum atomic E-state index is 13.8. The van der Waals surface area contributed by atoms with Crippen LogP contribution in [0.3, 0.4) is 0 Å². The molecule has 0 radical (unpaired) electrons. The Bertz CT molecular complexity index is 2020. The molecule has 0 saturated carbocycles. The second kappa shape index (κ2) is 14.9. The van der Waals surface area contributed by atoms with Gasteiger partial charge in [0.25, 0.3) is 11.8 Å². The van der Waals surface area contributed by atoms with Crippen molar-refractivity contribution in [3.8, 4) is 28.5 Å². The van der Waals surface area contributed by atoms with E-state index in [1.807, 2.05) is 13.8 Å². The van der Waals surface area contributed by atoms with Gasteiger partial charge in [0.05, 0.1) is 19.4 Å². The zero-order chi connectivity index (χ0) is 36.2. The molecule has 2 N–H and O–H groups in total. The number of amides is 2. The van der Waals surface area contributed by atoms with Crippen LogP contribution in [0, 0.1) is 5.82 Å². The van der Waals surface area contributed by atoms with E-state index in [4.69, 9.17) is 28.4 Å². The first kappa shape index (κ1) is 35.0. The van der Waals surface area contributed by atoms with Crippen molar-refractivity contribution in [1.29, 1.82) is 0 Å². The number of carbonyl (C=O) groups is 4. The molecule has 51 heavy (non-hydrogen) atoms. The van der Waals surface area contributed by atoms with Crippen LogP contribution in [0.2, 0.25) is 0 Å². The lowest BCUT2D eigenvalue weighted by Crippen LogP contribution is -2.73. The minimum absolute atomic E-state index is 0.0884. The first-order valence-electron chi connectivity index (χ1n) is 16.3. The molecule has 14 heteroatoms. The highest BCUT2D eigenvalue weighted by Gasteiger charge is 2.55. The molecule has 1 aromatic heterocycles. The van der Waals surface area contributed by atoms with Crippen LogP contribution < -0.4 is 19.5 Å². The monoisotopic (exact) mass is 701 g/mol. The van der Waals surface area contributed by atoms with E-state index in [1.165, 1.54) is 26.2 Å². The van der Waals surface area contributed by atoms with E-state index in [0.717, 1.165) is 32.6 Å². The van der Waals surface area contributed by atoms with Crippen molar-refractivity contribution in [2.75, 3.05) is 26.9 Å². The number of ether oxygens (including phenoxy) is 6. The second-order valence-corrected chi connectivity index (χ2v) is 11.5. The van der Waals surface area contributed by atoms with Crippen LogP contribution >= 0.6 is 0 Å². The Kier molecular flexibility index (Phi) is 10.2. The molecule has 4 aromatic rings. The highest BCUT2D eigenvalue weighted by molar-refractivity contribution is 6.02. The average molecular weight is 702 g/mol. The third kappa shape index (κ3) is 7.08. The number of aromatic amines is 1. The van der Waals surface area contributed by atoms with Crippen molar-refractivity contribution < 1.29 is 52.0 Å². The molecule has 0 spiro atoms. The number of H-pyrrole nitrogens is 1. The number of nitrogens with one attached hydrogen (secondary N) is 2. The van der Waals surface area contributed by atoms with E-state index < -0.39 is 42.6 Å². The smallest absolute Gasteiger partial charge is 0.355 e. The molecule has 2 unspecified atom stereocenters. The first-order chi connectivity index (χ1) is 24.7. The Labute approximate surface area is 292 Å². The van der Waals surface area contributed by atoms with Crippen LogP contribution in [-0.2, 0) is 46.6 Å². The van der Waals surface area contributed by atoms with Gasteiger partial charge in [0.1, 0.15) is 48.6 Å². The minimum atomic E-state index is -1.09. The van der Waals surface area contributed by atoms with E-state index in [0.29, 0.717) is 22.8 Å². The molecule has 266 valence electrons. The van der Waals surface area contributed by atoms with E-state index in [1.54, 1.807) is 48.5 Å². The molecule has 1 saturated heterocycles. The van der Waals surface area contributed by atoms with E-state index in [-0.39, 0.29) is 43.5 Å². The Hall–Kier alpha value is -5.89. The van der Waals surface area contributed by atoms with Gasteiger partial charge in [0, 0.05) is 40.6 Å². The van der Waals surface area contributed by atoms with Crippen molar-refractivity contribution in [1.82, 2.24) is 15.2 Å². The molecule has 3 aliphatic heterocycles. The van der Waals surface area contributed by atoms with E-state index >= 15 is 0 Å². The quantitative estimate of drug-likeness (QED) is 0.178. The number of nitrogens with zero attached hydrogens (tertiary/aromatic N) is 1. The number of β-lactam (4-membered cyclic amide) rings is 1. The maximum Gasteiger partial charge on any atom is 0.355 e. The average Bonchev–Trinajstić information content (AvgIpc) is 3.52. The van der Waals surface area contributed by atoms with Crippen molar-refractivity contribution in [2.24, 2.45) is 0 Å². The van der Waals surface area contributed by atoms with Gasteiger partial charge in [-0.25, -0.2) is 9.18 Å². The van der Waals surface area contributed by atoms with Gasteiger partial charge in [-0.3, -0.25) is 19.3 Å². The summed E-state index contributed by atoms with van der Waals surface area (Å²) < 4.78 is 47.0. The van der Waals surface area contributed by atoms with Crippen molar-refractivity contribution >= 4 is 34.7 Å². The normalized spacial score (nSPS) is 17.0. The third-order valence-electron chi connectivity index (χ3n) is 8.37. The SMILES string of the molecule is CC.COc1ccc(COC(=O)C2=C(COC(C)=O)COC3C(NC(=O)COc4ccc5c(c4)OCc4c-5[nH]c5ccc(F)cc45)C(=O)N23)cc1. The summed E-state index contributed by atoms with van der Waals surface area (Å²) in [7, 11) is 1.54. The fourth-order valence-corrected chi connectivity index (χ4v) is 5.94. The molecule has 3 aromatic carbocycles. The number of hydrogen-bond acceptors (Lipinski definition) is 10. The van der Waals surface area contributed by atoms with Crippen LogP contribution in [0.25, 0.3) is 22.2 Å². The second-order valence-electron chi connectivity index (χ2n) is 11.5. The number of hydrogen-bond donors (Lipinski definition) is 2. The summed E-state index contributed by atoms with van der Waals surface area (Å²) in [6.45, 7) is 4.52. The Morgan fingerprint density at radius 3 is 2.49 bits per heavy atom. The fraction of sp³-hybridized carbons (Fsp3) is 0.297. The largest absolute Gasteiger partial charge is 0.497 e. The highest BCUT2D eigenvalue weighted by atomic mass is 19.1. The lowest BCUT2D eigenvalue weighted by Gasteiger charge is -2.49. The van der Waals surface area contributed by atoms with Crippen LogP contribution in [0.4, 0.5) is 4.39 Å².